The number of carboxylic acids is 2. The zero-order valence-electron chi connectivity index (χ0n) is 42.1. The van der Waals surface area contributed by atoms with Gasteiger partial charge in [-0.1, -0.05) is 285 Å². The van der Waals surface area contributed by atoms with Crippen molar-refractivity contribution >= 4 is 58.3 Å². The first-order chi connectivity index (χ1) is 29.5. The fraction of sp³-hybridized carbons (Fsp3) is 0.963. The van der Waals surface area contributed by atoms with E-state index in [1.165, 1.54) is 205 Å². The van der Waals surface area contributed by atoms with Gasteiger partial charge >= 0.3 is 31.0 Å². The van der Waals surface area contributed by atoms with E-state index in [4.69, 9.17) is 0 Å². The van der Waals surface area contributed by atoms with Crippen molar-refractivity contribution in [2.45, 2.75) is 330 Å². The summed E-state index contributed by atoms with van der Waals surface area (Å²) in [5, 5.41) is 23.2. The molecule has 0 saturated heterocycles. The predicted octanol–water partition coefficient (Wildman–Crippen LogP) is 16.8. The van der Waals surface area contributed by atoms with E-state index in [0.717, 1.165) is 51.4 Å². The number of carbonyl (C=O) groups excluding carboxylic acids is 2. The van der Waals surface area contributed by atoms with E-state index < -0.39 is 21.4 Å². The summed E-state index contributed by atoms with van der Waals surface area (Å²) < 4.78 is -1.83. The Morgan fingerprint density at radius 2 is 0.426 bits per heavy atom. The molecule has 0 atom stereocenters. The van der Waals surface area contributed by atoms with Gasteiger partial charge in [-0.25, -0.2) is 0 Å². The van der Waals surface area contributed by atoms with Crippen LogP contribution in [0.25, 0.3) is 0 Å². The second-order valence-corrected chi connectivity index (χ2v) is 23.4. The van der Waals surface area contributed by atoms with Gasteiger partial charge in [-0.3, -0.25) is 0 Å². The van der Waals surface area contributed by atoms with Gasteiger partial charge in [-0.05, 0) is 25.7 Å². The molecule has 0 aliphatic heterocycles. The minimum absolute atomic E-state index is 0.230. The van der Waals surface area contributed by atoms with Crippen molar-refractivity contribution in [2.75, 3.05) is 0 Å². The van der Waals surface area contributed by atoms with Gasteiger partial charge in [0.1, 0.15) is 0 Å². The van der Waals surface area contributed by atoms with Crippen LogP contribution in [0, 0.1) is 0 Å². The van der Waals surface area contributed by atoms with Crippen molar-refractivity contribution in [1.29, 1.82) is 0 Å². The monoisotopic (exact) mass is 1000 g/mol. The van der Waals surface area contributed by atoms with Gasteiger partial charge in [-0.15, -0.1) is 0 Å². The molecule has 0 aliphatic carbocycles. The third kappa shape index (κ3) is 49.7. The molecule has 0 rings (SSSR count). The molecule has 4 nitrogen and oxygen atoms in total. The zero-order chi connectivity index (χ0) is 46.0. The molecule has 0 N–H and O–H groups in total. The molecule has 0 amide bonds. The second kappa shape index (κ2) is 53.1. The van der Waals surface area contributed by atoms with E-state index >= 15 is 0 Å². The number of aliphatic carboxylic acids is 2. The molecule has 61 heavy (non-hydrogen) atoms. The van der Waals surface area contributed by atoms with E-state index in [2.05, 4.69) is 62.8 Å². The summed E-state index contributed by atoms with van der Waals surface area (Å²) in [6.45, 7) is 9.02. The average Bonchev–Trinajstić information content (AvgIpc) is 3.24. The molecule has 0 aromatic rings. The van der Waals surface area contributed by atoms with E-state index in [1.807, 2.05) is 0 Å². The number of rotatable bonds is 46. The SMILES string of the molecule is CCCCCCCCCCCCC(S)(CCCCCCCCCCCC)C(=O)[O-].CCCCCCCCCCCCC(S)(CCCCCCCCCCCC)C(=O)[O-].[CH3][Sn+2][CH3]. The first kappa shape index (κ1) is 65.7. The first-order valence-corrected chi connectivity index (χ1v) is 33.6. The Balaban J connectivity index is -0.00000103. The third-order valence-corrected chi connectivity index (χ3v) is 13.8. The van der Waals surface area contributed by atoms with Crippen molar-refractivity contribution in [1.82, 2.24) is 0 Å². The van der Waals surface area contributed by atoms with Crippen molar-refractivity contribution in [3.8, 4) is 0 Å². The van der Waals surface area contributed by atoms with Gasteiger partial charge in [0.15, 0.2) is 0 Å². The zero-order valence-corrected chi connectivity index (χ0v) is 46.8. The van der Waals surface area contributed by atoms with Crippen LogP contribution in [0.2, 0.25) is 9.88 Å². The molecule has 0 bridgehead atoms. The topological polar surface area (TPSA) is 80.3 Å². The van der Waals surface area contributed by atoms with E-state index in [1.54, 1.807) is 0 Å². The van der Waals surface area contributed by atoms with E-state index in [0.29, 0.717) is 25.7 Å². The standard InChI is InChI=1S/2C26H52O2S.2CH3.Sn/c2*1-3-5-7-9-11-13-15-17-19-21-23-26(29,25(27)28)24-22-20-18-16-14-12-10-8-6-4-2;;;/h2*29H,3-24H2,1-2H3,(H,27,28);2*1H3;/q;;;;+2/p-2. The number of thiol groups is 2. The van der Waals surface area contributed by atoms with Gasteiger partial charge < -0.3 is 19.8 Å². The molecule has 0 aromatic carbocycles. The van der Waals surface area contributed by atoms with Crippen molar-refractivity contribution in [3.63, 3.8) is 0 Å². The maximum absolute atomic E-state index is 11.6. The van der Waals surface area contributed by atoms with Crippen LogP contribution in [-0.4, -0.2) is 42.6 Å². The Kier molecular flexibility index (Phi) is 57.2. The van der Waals surface area contributed by atoms with Crippen LogP contribution in [0.15, 0.2) is 0 Å². The molecule has 0 spiro atoms. The van der Waals surface area contributed by atoms with E-state index in [9.17, 15) is 19.8 Å². The van der Waals surface area contributed by atoms with Crippen LogP contribution in [-0.2, 0) is 9.59 Å². The number of hydrogen-bond donors (Lipinski definition) is 2. The van der Waals surface area contributed by atoms with Crippen LogP contribution in [0.1, 0.15) is 310 Å². The van der Waals surface area contributed by atoms with Crippen LogP contribution in [0.5, 0.6) is 0 Å². The summed E-state index contributed by atoms with van der Waals surface area (Å²) in [4.78, 5) is 27.8. The fourth-order valence-corrected chi connectivity index (χ4v) is 8.91. The minimum atomic E-state index is -0.965. The number of unbranched alkanes of at least 4 members (excludes halogenated alkanes) is 36. The quantitative estimate of drug-likeness (QED) is 0.0362. The maximum atomic E-state index is 11.6. The molecule has 0 radical (unpaired) electrons. The molecule has 7 heteroatoms. The normalized spacial score (nSPS) is 11.4. The predicted molar refractivity (Wildman–Crippen MR) is 277 cm³/mol. The number of carboxylic acid groups (broad SMARTS) is 2. The van der Waals surface area contributed by atoms with Crippen molar-refractivity contribution in [3.05, 3.63) is 0 Å². The summed E-state index contributed by atoms with van der Waals surface area (Å²) in [5.41, 5.74) is 0. The molecule has 0 saturated carbocycles. The molecular weight excluding hydrogens is 895 g/mol. The Morgan fingerprint density at radius 3 is 0.541 bits per heavy atom. The number of carbonyl (C=O) groups is 2. The van der Waals surface area contributed by atoms with Crippen LogP contribution < -0.4 is 10.2 Å². The van der Waals surface area contributed by atoms with Crippen molar-refractivity contribution < 1.29 is 19.8 Å². The molecule has 0 fully saturated rings. The van der Waals surface area contributed by atoms with Gasteiger partial charge in [0.05, 0.1) is 21.4 Å². The van der Waals surface area contributed by atoms with Gasteiger partial charge in [-0.2, -0.15) is 25.3 Å². The Morgan fingerprint density at radius 1 is 0.311 bits per heavy atom. The molecule has 0 heterocycles. The summed E-state index contributed by atoms with van der Waals surface area (Å²) >= 11 is 9.30. The Hall–Kier alpha value is 0.439. The summed E-state index contributed by atoms with van der Waals surface area (Å²) in [6, 6.07) is 0. The van der Waals surface area contributed by atoms with E-state index in [-0.39, 0.29) is 21.1 Å². The van der Waals surface area contributed by atoms with Gasteiger partial charge in [0, 0.05) is 0 Å². The fourth-order valence-electron chi connectivity index (χ4n) is 8.28. The Labute approximate surface area is 405 Å². The molecular formula is C54H108O4S2Sn. The third-order valence-electron chi connectivity index (χ3n) is 12.5. The Bertz CT molecular complexity index is 756. The van der Waals surface area contributed by atoms with Crippen LogP contribution in [0.3, 0.4) is 0 Å². The average molecular weight is 1000 g/mol. The van der Waals surface area contributed by atoms with Crippen LogP contribution >= 0.6 is 25.3 Å². The van der Waals surface area contributed by atoms with Crippen molar-refractivity contribution in [2.24, 2.45) is 0 Å². The number of hydrogen-bond acceptors (Lipinski definition) is 6. The second-order valence-electron chi connectivity index (χ2n) is 18.9. The summed E-state index contributed by atoms with van der Waals surface area (Å²) in [5.74, 6) is -1.93. The molecule has 364 valence electrons. The summed E-state index contributed by atoms with van der Waals surface area (Å²) in [7, 11) is 0. The summed E-state index contributed by atoms with van der Waals surface area (Å²) in [6.07, 6.45) is 53.5. The molecule has 0 aliphatic rings. The van der Waals surface area contributed by atoms with Crippen LogP contribution in [0.4, 0.5) is 0 Å². The van der Waals surface area contributed by atoms with Gasteiger partial charge in [0.25, 0.3) is 0 Å². The molecule has 0 unspecified atom stereocenters. The molecule has 0 aromatic heterocycles. The van der Waals surface area contributed by atoms with Gasteiger partial charge in [0.2, 0.25) is 0 Å². The first-order valence-electron chi connectivity index (χ1n) is 27.0.